The van der Waals surface area contributed by atoms with Gasteiger partial charge in [-0.25, -0.2) is 13.1 Å². The third-order valence-corrected chi connectivity index (χ3v) is 8.62. The van der Waals surface area contributed by atoms with E-state index >= 15 is 0 Å². The molecule has 0 saturated carbocycles. The molecule has 7 heteroatoms. The number of benzene rings is 1. The van der Waals surface area contributed by atoms with E-state index in [9.17, 15) is 8.42 Å². The van der Waals surface area contributed by atoms with Crippen LogP contribution in [0.5, 0.6) is 0 Å². The SMILES string of the molecule is COC[C@H]1CCCN1C[C@H]1CN2CC[C@@H]1C[C@H]2CNS(=O)(=O)c1ccc(C)cc1. The maximum atomic E-state index is 12.6. The van der Waals surface area contributed by atoms with Crippen LogP contribution < -0.4 is 4.72 Å². The molecule has 0 amide bonds. The third-order valence-electron chi connectivity index (χ3n) is 7.18. The molecule has 4 fully saturated rings. The lowest BCUT2D eigenvalue weighted by atomic mass is 9.75. The van der Waals surface area contributed by atoms with Gasteiger partial charge in [-0.05, 0) is 69.7 Å². The minimum Gasteiger partial charge on any atom is -0.383 e. The van der Waals surface area contributed by atoms with Gasteiger partial charge in [0.05, 0.1) is 11.5 Å². The number of hydrogen-bond acceptors (Lipinski definition) is 5. The Balaban J connectivity index is 1.32. The molecule has 1 aromatic carbocycles. The molecular formula is C22H35N3O3S. The summed E-state index contributed by atoms with van der Waals surface area (Å²) in [6.45, 7) is 7.86. The highest BCUT2D eigenvalue weighted by molar-refractivity contribution is 7.89. The minimum atomic E-state index is -3.44. The van der Waals surface area contributed by atoms with Gasteiger partial charge in [-0.15, -0.1) is 0 Å². The predicted molar refractivity (Wildman–Crippen MR) is 114 cm³/mol. The maximum absolute atomic E-state index is 12.6. The monoisotopic (exact) mass is 421 g/mol. The summed E-state index contributed by atoms with van der Waals surface area (Å²) in [6.07, 6.45) is 4.87. The summed E-state index contributed by atoms with van der Waals surface area (Å²) < 4.78 is 33.6. The molecule has 5 rings (SSSR count). The largest absolute Gasteiger partial charge is 0.383 e. The first-order valence-corrected chi connectivity index (χ1v) is 12.5. The Hall–Kier alpha value is -0.990. The zero-order chi connectivity index (χ0) is 20.4. The molecule has 2 bridgehead atoms. The molecule has 4 aliphatic heterocycles. The second-order valence-electron chi connectivity index (χ2n) is 9.10. The number of sulfonamides is 1. The van der Waals surface area contributed by atoms with Gasteiger partial charge in [0.15, 0.2) is 0 Å². The smallest absolute Gasteiger partial charge is 0.240 e. The lowest BCUT2D eigenvalue weighted by Crippen LogP contribution is -2.58. The highest BCUT2D eigenvalue weighted by atomic mass is 32.2. The number of rotatable bonds is 8. The summed E-state index contributed by atoms with van der Waals surface area (Å²) in [7, 11) is -1.64. The summed E-state index contributed by atoms with van der Waals surface area (Å²) in [5, 5.41) is 0. The number of hydrogen-bond donors (Lipinski definition) is 1. The van der Waals surface area contributed by atoms with Crippen LogP contribution in [0.25, 0.3) is 0 Å². The van der Waals surface area contributed by atoms with Gasteiger partial charge in [-0.2, -0.15) is 0 Å². The van der Waals surface area contributed by atoms with Crippen LogP contribution in [-0.2, 0) is 14.8 Å². The van der Waals surface area contributed by atoms with E-state index < -0.39 is 10.0 Å². The normalized spacial score (nSPS) is 32.7. The molecule has 5 atom stereocenters. The zero-order valence-electron chi connectivity index (χ0n) is 17.7. The fraction of sp³-hybridized carbons (Fsp3) is 0.727. The molecule has 6 nitrogen and oxygen atoms in total. The standard InChI is InChI=1S/C22H35N3O3S/c1-17-5-7-22(8-6-17)29(26,27)23-13-21-12-18-9-11-25(21)15-19(18)14-24-10-3-4-20(24)16-28-2/h5-8,18-21,23H,3-4,9-16H2,1-2H3/t18-,19+,20-,21+/m1/s1. The van der Waals surface area contributed by atoms with Gasteiger partial charge < -0.3 is 4.74 Å². The maximum Gasteiger partial charge on any atom is 0.240 e. The van der Waals surface area contributed by atoms with Crippen molar-refractivity contribution in [2.24, 2.45) is 11.8 Å². The van der Waals surface area contributed by atoms with Crippen molar-refractivity contribution in [1.82, 2.24) is 14.5 Å². The Labute approximate surface area is 175 Å². The van der Waals surface area contributed by atoms with Gasteiger partial charge in [-0.3, -0.25) is 9.80 Å². The summed E-state index contributed by atoms with van der Waals surface area (Å²) in [4.78, 5) is 5.50. The summed E-state index contributed by atoms with van der Waals surface area (Å²) >= 11 is 0. The van der Waals surface area contributed by atoms with Crippen LogP contribution in [0.15, 0.2) is 29.2 Å². The third kappa shape index (κ3) is 4.85. The van der Waals surface area contributed by atoms with Crippen molar-refractivity contribution in [2.45, 2.75) is 49.6 Å². The molecule has 0 spiro atoms. The molecule has 0 aromatic heterocycles. The van der Waals surface area contributed by atoms with E-state index in [0.717, 1.165) is 38.2 Å². The number of fused-ring (bicyclic) bond motifs is 3. The Kier molecular flexibility index (Phi) is 6.61. The molecule has 4 aliphatic rings. The second kappa shape index (κ2) is 9.02. The van der Waals surface area contributed by atoms with Gasteiger partial charge in [0.2, 0.25) is 10.0 Å². The lowest BCUT2D eigenvalue weighted by Gasteiger charge is -2.51. The molecule has 1 N–H and O–H groups in total. The lowest BCUT2D eigenvalue weighted by molar-refractivity contribution is -0.0156. The van der Waals surface area contributed by atoms with Crippen molar-refractivity contribution < 1.29 is 13.2 Å². The van der Waals surface area contributed by atoms with Crippen molar-refractivity contribution in [3.05, 3.63) is 29.8 Å². The molecule has 0 radical (unpaired) electrons. The van der Waals surface area contributed by atoms with E-state index in [0.29, 0.717) is 35.4 Å². The van der Waals surface area contributed by atoms with Crippen LogP contribution in [0.1, 0.15) is 31.2 Å². The highest BCUT2D eigenvalue weighted by Gasteiger charge is 2.41. The van der Waals surface area contributed by atoms with Crippen molar-refractivity contribution >= 4 is 10.0 Å². The number of piperidine rings is 3. The predicted octanol–water partition coefficient (Wildman–Crippen LogP) is 2.09. The molecule has 4 heterocycles. The van der Waals surface area contributed by atoms with Crippen molar-refractivity contribution in [3.63, 3.8) is 0 Å². The second-order valence-corrected chi connectivity index (χ2v) is 10.9. The number of ether oxygens (including phenoxy) is 1. The topological polar surface area (TPSA) is 61.9 Å². The van der Waals surface area contributed by atoms with Gasteiger partial charge in [0, 0.05) is 38.8 Å². The van der Waals surface area contributed by atoms with E-state index in [2.05, 4.69) is 14.5 Å². The molecule has 1 unspecified atom stereocenters. The van der Waals surface area contributed by atoms with Crippen LogP contribution in [0, 0.1) is 18.8 Å². The summed E-state index contributed by atoms with van der Waals surface area (Å²) in [6, 6.07) is 7.97. The van der Waals surface area contributed by atoms with Crippen LogP contribution >= 0.6 is 0 Å². The summed E-state index contributed by atoms with van der Waals surface area (Å²) in [5.41, 5.74) is 1.07. The molecule has 29 heavy (non-hydrogen) atoms. The summed E-state index contributed by atoms with van der Waals surface area (Å²) in [5.74, 6) is 1.41. The number of likely N-dealkylation sites (tertiary alicyclic amines) is 1. The average molecular weight is 422 g/mol. The van der Waals surface area contributed by atoms with E-state index in [4.69, 9.17) is 4.74 Å². The van der Waals surface area contributed by atoms with E-state index in [1.54, 1.807) is 19.2 Å². The van der Waals surface area contributed by atoms with Gasteiger partial charge >= 0.3 is 0 Å². The number of methoxy groups -OCH3 is 1. The van der Waals surface area contributed by atoms with Gasteiger partial charge in [-0.1, -0.05) is 17.7 Å². The van der Waals surface area contributed by atoms with Crippen LogP contribution in [0.2, 0.25) is 0 Å². The molecule has 162 valence electrons. The Morgan fingerprint density at radius 1 is 1.14 bits per heavy atom. The van der Waals surface area contributed by atoms with Crippen molar-refractivity contribution in [2.75, 3.05) is 46.4 Å². The number of nitrogens with zero attached hydrogens (tertiary/aromatic N) is 2. The highest BCUT2D eigenvalue weighted by Crippen LogP contribution is 2.37. The van der Waals surface area contributed by atoms with E-state index in [1.807, 2.05) is 19.1 Å². The van der Waals surface area contributed by atoms with Crippen LogP contribution in [0.4, 0.5) is 0 Å². The first kappa shape index (κ1) is 21.2. The van der Waals surface area contributed by atoms with Gasteiger partial charge in [0.1, 0.15) is 0 Å². The molecule has 0 aliphatic carbocycles. The van der Waals surface area contributed by atoms with Crippen LogP contribution in [-0.4, -0.2) is 76.7 Å². The Bertz CT molecular complexity index is 783. The van der Waals surface area contributed by atoms with Crippen molar-refractivity contribution in [1.29, 1.82) is 0 Å². The van der Waals surface area contributed by atoms with Gasteiger partial charge in [0.25, 0.3) is 0 Å². The first-order valence-electron chi connectivity index (χ1n) is 11.0. The first-order chi connectivity index (χ1) is 14.0. The fourth-order valence-electron chi connectivity index (χ4n) is 5.49. The van der Waals surface area contributed by atoms with Crippen molar-refractivity contribution in [3.8, 4) is 0 Å². The number of aryl methyl sites for hydroxylation is 1. The average Bonchev–Trinajstić information content (AvgIpc) is 3.15. The molecule has 1 aromatic rings. The molecule has 4 saturated heterocycles. The van der Waals surface area contributed by atoms with E-state index in [-0.39, 0.29) is 0 Å². The zero-order valence-corrected chi connectivity index (χ0v) is 18.5. The Morgan fingerprint density at radius 2 is 1.93 bits per heavy atom. The minimum absolute atomic E-state index is 0.318. The quantitative estimate of drug-likeness (QED) is 0.697. The fourth-order valence-corrected chi connectivity index (χ4v) is 6.57. The number of nitrogens with one attached hydrogen (secondary N) is 1. The molecular weight excluding hydrogens is 386 g/mol. The van der Waals surface area contributed by atoms with Crippen LogP contribution in [0.3, 0.4) is 0 Å². The Morgan fingerprint density at radius 3 is 2.62 bits per heavy atom. The van der Waals surface area contributed by atoms with E-state index in [1.165, 1.54) is 25.8 Å².